The van der Waals surface area contributed by atoms with E-state index in [1.807, 2.05) is 0 Å². The summed E-state index contributed by atoms with van der Waals surface area (Å²) in [6.07, 6.45) is 6.78. The summed E-state index contributed by atoms with van der Waals surface area (Å²) < 4.78 is 0. The fraction of sp³-hybridized carbons (Fsp3) is 0.929. The third-order valence-corrected chi connectivity index (χ3v) is 3.19. The number of hydrogen-bond donors (Lipinski definition) is 3. The van der Waals surface area contributed by atoms with E-state index in [0.717, 1.165) is 25.7 Å². The highest BCUT2D eigenvalue weighted by molar-refractivity contribution is 5.66. The smallest absolute Gasteiger partial charge is 0.303 e. The Labute approximate surface area is 110 Å². The van der Waals surface area contributed by atoms with Crippen molar-refractivity contribution in [1.29, 1.82) is 0 Å². The van der Waals surface area contributed by atoms with Crippen molar-refractivity contribution in [2.75, 3.05) is 0 Å². The zero-order chi connectivity index (χ0) is 13.8. The fourth-order valence-corrected chi connectivity index (χ4v) is 1.97. The maximum atomic E-state index is 10.3. The van der Waals surface area contributed by atoms with Crippen LogP contribution in [0.3, 0.4) is 0 Å². The molecule has 0 aliphatic heterocycles. The fourth-order valence-electron chi connectivity index (χ4n) is 1.97. The van der Waals surface area contributed by atoms with Gasteiger partial charge in [-0.05, 0) is 19.3 Å². The van der Waals surface area contributed by atoms with Crippen molar-refractivity contribution in [2.45, 2.75) is 83.3 Å². The number of carboxylic acids is 1. The first-order chi connectivity index (χ1) is 8.57. The molecule has 0 aromatic heterocycles. The van der Waals surface area contributed by atoms with Crippen molar-refractivity contribution in [3.8, 4) is 0 Å². The average Bonchev–Trinajstić information content (AvgIpc) is 2.33. The Morgan fingerprint density at radius 1 is 0.889 bits per heavy atom. The second kappa shape index (κ2) is 11.5. The van der Waals surface area contributed by atoms with Crippen LogP contribution in [-0.2, 0) is 4.79 Å². The lowest BCUT2D eigenvalue weighted by molar-refractivity contribution is -0.137. The molecule has 0 rings (SSSR count). The highest BCUT2D eigenvalue weighted by Crippen LogP contribution is 2.13. The summed E-state index contributed by atoms with van der Waals surface area (Å²) in [6.45, 7) is 2.14. The van der Waals surface area contributed by atoms with Gasteiger partial charge in [0.05, 0.1) is 12.2 Å². The minimum atomic E-state index is -0.772. The Balaban J connectivity index is 3.43. The van der Waals surface area contributed by atoms with Gasteiger partial charge in [0.25, 0.3) is 0 Å². The third kappa shape index (κ3) is 10.5. The van der Waals surface area contributed by atoms with Gasteiger partial charge in [-0.1, -0.05) is 45.4 Å². The molecule has 3 N–H and O–H groups in total. The lowest BCUT2D eigenvalue weighted by Gasteiger charge is -2.17. The Morgan fingerprint density at radius 2 is 1.39 bits per heavy atom. The number of aliphatic carboxylic acids is 1. The maximum absolute atomic E-state index is 10.3. The summed E-state index contributed by atoms with van der Waals surface area (Å²) in [5.41, 5.74) is 0. The minimum absolute atomic E-state index is 0.190. The van der Waals surface area contributed by atoms with E-state index in [1.165, 1.54) is 12.8 Å². The third-order valence-electron chi connectivity index (χ3n) is 3.19. The predicted molar refractivity (Wildman–Crippen MR) is 71.5 cm³/mol. The van der Waals surface area contributed by atoms with Crippen LogP contribution in [-0.4, -0.2) is 33.5 Å². The number of carboxylic acid groups (broad SMARTS) is 1. The van der Waals surface area contributed by atoms with Crippen molar-refractivity contribution in [3.63, 3.8) is 0 Å². The molecular formula is C14H28O4. The summed E-state index contributed by atoms with van der Waals surface area (Å²) in [5, 5.41) is 27.9. The predicted octanol–water partition coefficient (Wildman–Crippen LogP) is 2.71. The van der Waals surface area contributed by atoms with Crippen LogP contribution in [0.25, 0.3) is 0 Å². The minimum Gasteiger partial charge on any atom is -0.481 e. The lowest BCUT2D eigenvalue weighted by Crippen LogP contribution is -2.25. The van der Waals surface area contributed by atoms with E-state index in [2.05, 4.69) is 6.92 Å². The quantitative estimate of drug-likeness (QED) is 0.471. The molecule has 108 valence electrons. The zero-order valence-corrected chi connectivity index (χ0v) is 11.5. The molecule has 0 spiro atoms. The Kier molecular flexibility index (Phi) is 11.1. The molecule has 0 aliphatic carbocycles. The number of unbranched alkanes of at least 4 members (excludes halogenated alkanes) is 5. The maximum Gasteiger partial charge on any atom is 0.303 e. The van der Waals surface area contributed by atoms with Crippen molar-refractivity contribution >= 4 is 5.97 Å². The average molecular weight is 260 g/mol. The summed E-state index contributed by atoms with van der Waals surface area (Å²) >= 11 is 0. The highest BCUT2D eigenvalue weighted by Gasteiger charge is 2.15. The molecule has 4 heteroatoms. The van der Waals surface area contributed by atoms with E-state index in [0.29, 0.717) is 19.3 Å². The summed E-state index contributed by atoms with van der Waals surface area (Å²) in [4.78, 5) is 10.3. The van der Waals surface area contributed by atoms with Gasteiger partial charge in [0.2, 0.25) is 0 Å². The molecule has 0 saturated carbocycles. The molecule has 4 nitrogen and oxygen atoms in total. The van der Waals surface area contributed by atoms with Gasteiger partial charge in [0.1, 0.15) is 0 Å². The number of carbonyl (C=O) groups is 1. The van der Waals surface area contributed by atoms with E-state index in [1.54, 1.807) is 0 Å². The monoisotopic (exact) mass is 260 g/mol. The van der Waals surface area contributed by atoms with Crippen LogP contribution in [0.15, 0.2) is 0 Å². The van der Waals surface area contributed by atoms with Crippen LogP contribution in [0.2, 0.25) is 0 Å². The highest BCUT2D eigenvalue weighted by atomic mass is 16.4. The van der Waals surface area contributed by atoms with E-state index in [9.17, 15) is 15.0 Å². The Hall–Kier alpha value is -0.610. The molecule has 0 bridgehead atoms. The van der Waals surface area contributed by atoms with Crippen molar-refractivity contribution in [2.24, 2.45) is 0 Å². The summed E-state index contributed by atoms with van der Waals surface area (Å²) in [7, 11) is 0. The Bertz CT molecular complexity index is 206. The van der Waals surface area contributed by atoms with Crippen LogP contribution >= 0.6 is 0 Å². The van der Waals surface area contributed by atoms with Crippen LogP contribution < -0.4 is 0 Å². The zero-order valence-electron chi connectivity index (χ0n) is 11.5. The van der Waals surface area contributed by atoms with Crippen LogP contribution in [0, 0.1) is 0 Å². The van der Waals surface area contributed by atoms with Gasteiger partial charge < -0.3 is 15.3 Å². The van der Waals surface area contributed by atoms with Gasteiger partial charge in [0, 0.05) is 6.42 Å². The largest absolute Gasteiger partial charge is 0.481 e. The number of aliphatic hydroxyl groups excluding tert-OH is 2. The molecular weight excluding hydrogens is 232 g/mol. The van der Waals surface area contributed by atoms with Crippen molar-refractivity contribution < 1.29 is 20.1 Å². The number of rotatable bonds is 12. The van der Waals surface area contributed by atoms with Crippen LogP contribution in [0.5, 0.6) is 0 Å². The topological polar surface area (TPSA) is 77.8 Å². The standard InChI is InChI=1S/C14H28O4/c1-2-3-4-6-9-12(15)13(16)10-7-5-8-11-14(17)18/h12-13,15-16H,2-11H2,1H3,(H,17,18)/t12-,13-/m1/s1. The van der Waals surface area contributed by atoms with Crippen molar-refractivity contribution in [1.82, 2.24) is 0 Å². The van der Waals surface area contributed by atoms with E-state index in [-0.39, 0.29) is 6.42 Å². The molecule has 2 atom stereocenters. The van der Waals surface area contributed by atoms with E-state index >= 15 is 0 Å². The van der Waals surface area contributed by atoms with Gasteiger partial charge in [-0.25, -0.2) is 0 Å². The van der Waals surface area contributed by atoms with Gasteiger partial charge in [-0.3, -0.25) is 4.79 Å². The molecule has 0 aromatic rings. The SMILES string of the molecule is CCCCCC[C@@H](O)[C@H](O)CCCCCC(=O)O. The second-order valence-electron chi connectivity index (χ2n) is 4.98. The molecule has 0 unspecified atom stereocenters. The van der Waals surface area contributed by atoms with Gasteiger partial charge in [-0.15, -0.1) is 0 Å². The summed E-state index contributed by atoms with van der Waals surface area (Å²) in [6, 6.07) is 0. The first-order valence-electron chi connectivity index (χ1n) is 7.15. The Morgan fingerprint density at radius 3 is 1.83 bits per heavy atom. The van der Waals surface area contributed by atoms with Gasteiger partial charge in [-0.2, -0.15) is 0 Å². The molecule has 0 amide bonds. The number of hydrogen-bond acceptors (Lipinski definition) is 3. The number of aliphatic hydroxyl groups is 2. The molecule has 0 aliphatic rings. The molecule has 0 heterocycles. The van der Waals surface area contributed by atoms with Gasteiger partial charge in [0.15, 0.2) is 0 Å². The molecule has 0 aromatic carbocycles. The molecule has 0 saturated heterocycles. The van der Waals surface area contributed by atoms with E-state index < -0.39 is 18.2 Å². The van der Waals surface area contributed by atoms with Crippen LogP contribution in [0.1, 0.15) is 71.1 Å². The molecule has 0 fully saturated rings. The van der Waals surface area contributed by atoms with Crippen molar-refractivity contribution in [3.05, 3.63) is 0 Å². The lowest BCUT2D eigenvalue weighted by atomic mass is 10.0. The second-order valence-corrected chi connectivity index (χ2v) is 4.98. The van der Waals surface area contributed by atoms with Gasteiger partial charge >= 0.3 is 5.97 Å². The molecule has 0 radical (unpaired) electrons. The normalized spacial score (nSPS) is 14.4. The molecule has 18 heavy (non-hydrogen) atoms. The first-order valence-corrected chi connectivity index (χ1v) is 7.15. The van der Waals surface area contributed by atoms with Crippen LogP contribution in [0.4, 0.5) is 0 Å². The van der Waals surface area contributed by atoms with E-state index in [4.69, 9.17) is 5.11 Å². The first kappa shape index (κ1) is 17.4. The summed E-state index contributed by atoms with van der Waals surface area (Å²) in [5.74, 6) is -0.772.